The highest BCUT2D eigenvalue weighted by Crippen LogP contribution is 2.31. The number of methoxy groups -OCH3 is 2. The summed E-state index contributed by atoms with van der Waals surface area (Å²) in [5, 5.41) is 0.602. The maximum atomic E-state index is 12.1. The Bertz CT molecular complexity index is 660. The van der Waals surface area contributed by atoms with Crippen molar-refractivity contribution < 1.29 is 14.3 Å². The molecule has 0 bridgehead atoms. The van der Waals surface area contributed by atoms with Crippen LogP contribution in [0.5, 0.6) is 11.5 Å². The van der Waals surface area contributed by atoms with Gasteiger partial charge in [0.15, 0.2) is 17.3 Å². The molecule has 0 saturated heterocycles. The van der Waals surface area contributed by atoms with Crippen molar-refractivity contribution in [1.29, 1.82) is 0 Å². The molecule has 0 fully saturated rings. The van der Waals surface area contributed by atoms with E-state index in [0.29, 0.717) is 22.1 Å². The van der Waals surface area contributed by atoms with Gasteiger partial charge in [-0.2, -0.15) is 0 Å². The summed E-state index contributed by atoms with van der Waals surface area (Å²) in [5.41, 5.74) is 1.36. The number of hydrogen-bond donors (Lipinski definition) is 0. The Balaban J connectivity index is 2.25. The second kappa shape index (κ2) is 6.95. The molecule has 0 amide bonds. The average Bonchev–Trinajstić information content (AvgIpc) is 2.52. The highest BCUT2D eigenvalue weighted by molar-refractivity contribution is 6.30. The standard InChI is InChI=1S/C17H15ClO3/c1-20-16-5-3-4-13(17(16)21-2)8-11-15(19)12-6-9-14(18)10-7-12/h3-11H,1-2H3/b11-8-. The fourth-order valence-corrected chi connectivity index (χ4v) is 2.05. The minimum Gasteiger partial charge on any atom is -0.493 e. The molecule has 0 heterocycles. The summed E-state index contributed by atoms with van der Waals surface area (Å²) in [4.78, 5) is 12.1. The van der Waals surface area contributed by atoms with Crippen LogP contribution in [0, 0.1) is 0 Å². The Morgan fingerprint density at radius 3 is 2.38 bits per heavy atom. The lowest BCUT2D eigenvalue weighted by molar-refractivity contribution is 0.104. The summed E-state index contributed by atoms with van der Waals surface area (Å²) in [7, 11) is 3.14. The molecule has 0 aliphatic rings. The van der Waals surface area contributed by atoms with Crippen LogP contribution in [-0.4, -0.2) is 20.0 Å². The van der Waals surface area contributed by atoms with Gasteiger partial charge in [-0.05, 0) is 42.5 Å². The SMILES string of the molecule is COc1cccc(/C=C\C(=O)c2ccc(Cl)cc2)c1OC. The highest BCUT2D eigenvalue weighted by Gasteiger charge is 2.07. The van der Waals surface area contributed by atoms with Crippen LogP contribution in [0.1, 0.15) is 15.9 Å². The van der Waals surface area contributed by atoms with Crippen LogP contribution in [0.2, 0.25) is 5.02 Å². The van der Waals surface area contributed by atoms with E-state index in [2.05, 4.69) is 0 Å². The molecule has 0 radical (unpaired) electrons. The molecule has 3 nitrogen and oxygen atoms in total. The fourth-order valence-electron chi connectivity index (χ4n) is 1.92. The van der Waals surface area contributed by atoms with Gasteiger partial charge in [-0.25, -0.2) is 0 Å². The van der Waals surface area contributed by atoms with Gasteiger partial charge in [0, 0.05) is 16.1 Å². The Kier molecular flexibility index (Phi) is 5.01. The molecule has 108 valence electrons. The van der Waals surface area contributed by atoms with E-state index >= 15 is 0 Å². The molecule has 2 aromatic carbocycles. The minimum absolute atomic E-state index is 0.100. The summed E-state index contributed by atoms with van der Waals surface area (Å²) in [6.45, 7) is 0. The van der Waals surface area contributed by atoms with E-state index in [1.807, 2.05) is 12.1 Å². The van der Waals surface area contributed by atoms with Crippen LogP contribution in [-0.2, 0) is 0 Å². The van der Waals surface area contributed by atoms with Gasteiger partial charge in [0.2, 0.25) is 0 Å². The van der Waals surface area contributed by atoms with E-state index in [1.165, 1.54) is 6.08 Å². The Morgan fingerprint density at radius 1 is 1.05 bits per heavy atom. The van der Waals surface area contributed by atoms with Gasteiger partial charge in [0.1, 0.15) is 0 Å². The first kappa shape index (κ1) is 15.1. The van der Waals surface area contributed by atoms with Gasteiger partial charge in [0.05, 0.1) is 14.2 Å². The van der Waals surface area contributed by atoms with Gasteiger partial charge >= 0.3 is 0 Å². The topological polar surface area (TPSA) is 35.5 Å². The summed E-state index contributed by atoms with van der Waals surface area (Å²) in [6.07, 6.45) is 3.21. The van der Waals surface area contributed by atoms with E-state index in [4.69, 9.17) is 21.1 Å². The lowest BCUT2D eigenvalue weighted by Gasteiger charge is -2.09. The smallest absolute Gasteiger partial charge is 0.185 e. The molecule has 0 N–H and O–H groups in total. The van der Waals surface area contributed by atoms with Crippen molar-refractivity contribution in [2.75, 3.05) is 14.2 Å². The van der Waals surface area contributed by atoms with Crippen LogP contribution < -0.4 is 9.47 Å². The maximum Gasteiger partial charge on any atom is 0.185 e. The van der Waals surface area contributed by atoms with E-state index in [1.54, 1.807) is 50.6 Å². The normalized spacial score (nSPS) is 10.6. The van der Waals surface area contributed by atoms with Crippen molar-refractivity contribution in [3.8, 4) is 11.5 Å². The number of hydrogen-bond acceptors (Lipinski definition) is 3. The number of rotatable bonds is 5. The van der Waals surface area contributed by atoms with Gasteiger partial charge < -0.3 is 9.47 Å². The van der Waals surface area contributed by atoms with Gasteiger partial charge in [-0.15, -0.1) is 0 Å². The number of ether oxygens (including phenoxy) is 2. The summed E-state index contributed by atoms with van der Waals surface area (Å²) in [5.74, 6) is 1.12. The lowest BCUT2D eigenvalue weighted by Crippen LogP contribution is -1.95. The Hall–Kier alpha value is -2.26. The van der Waals surface area contributed by atoms with Gasteiger partial charge in [0.25, 0.3) is 0 Å². The number of carbonyl (C=O) groups excluding carboxylic acids is 1. The third kappa shape index (κ3) is 3.64. The minimum atomic E-state index is -0.100. The van der Waals surface area contributed by atoms with Crippen molar-refractivity contribution in [2.45, 2.75) is 0 Å². The zero-order valence-electron chi connectivity index (χ0n) is 11.8. The largest absolute Gasteiger partial charge is 0.493 e. The number of benzene rings is 2. The quantitative estimate of drug-likeness (QED) is 0.612. The van der Waals surface area contributed by atoms with Gasteiger partial charge in [-0.3, -0.25) is 4.79 Å². The number of halogens is 1. The third-order valence-electron chi connectivity index (χ3n) is 2.98. The fraction of sp³-hybridized carbons (Fsp3) is 0.118. The lowest BCUT2D eigenvalue weighted by atomic mass is 10.1. The van der Waals surface area contributed by atoms with Crippen LogP contribution in [0.25, 0.3) is 6.08 Å². The molecule has 2 rings (SSSR count). The molecule has 0 atom stereocenters. The maximum absolute atomic E-state index is 12.1. The molecule has 0 spiro atoms. The highest BCUT2D eigenvalue weighted by atomic mass is 35.5. The first-order valence-electron chi connectivity index (χ1n) is 6.34. The van der Waals surface area contributed by atoms with Crippen molar-refractivity contribution in [1.82, 2.24) is 0 Å². The summed E-state index contributed by atoms with van der Waals surface area (Å²) >= 11 is 5.80. The zero-order chi connectivity index (χ0) is 15.2. The van der Waals surface area contributed by atoms with E-state index < -0.39 is 0 Å². The second-order valence-corrected chi connectivity index (χ2v) is 4.72. The molecule has 0 saturated carbocycles. The number of allylic oxidation sites excluding steroid dienone is 1. The van der Waals surface area contributed by atoms with Crippen molar-refractivity contribution >= 4 is 23.5 Å². The van der Waals surface area contributed by atoms with E-state index in [9.17, 15) is 4.79 Å². The average molecular weight is 303 g/mol. The van der Waals surface area contributed by atoms with Crippen LogP contribution in [0.4, 0.5) is 0 Å². The van der Waals surface area contributed by atoms with E-state index in [0.717, 1.165) is 5.56 Å². The molecule has 0 aliphatic carbocycles. The Morgan fingerprint density at radius 2 is 1.76 bits per heavy atom. The molecule has 0 unspecified atom stereocenters. The molecule has 0 aliphatic heterocycles. The number of para-hydroxylation sites is 1. The first-order valence-corrected chi connectivity index (χ1v) is 6.72. The molecular formula is C17H15ClO3. The zero-order valence-corrected chi connectivity index (χ0v) is 12.6. The number of ketones is 1. The summed E-state index contributed by atoms with van der Waals surface area (Å²) in [6, 6.07) is 12.3. The molecule has 4 heteroatoms. The molecule has 21 heavy (non-hydrogen) atoms. The monoisotopic (exact) mass is 302 g/mol. The molecule has 2 aromatic rings. The van der Waals surface area contributed by atoms with Crippen LogP contribution >= 0.6 is 11.6 Å². The number of carbonyl (C=O) groups is 1. The molecular weight excluding hydrogens is 288 g/mol. The van der Waals surface area contributed by atoms with Crippen LogP contribution in [0.15, 0.2) is 48.5 Å². The predicted octanol–water partition coefficient (Wildman–Crippen LogP) is 4.25. The first-order chi connectivity index (χ1) is 10.2. The van der Waals surface area contributed by atoms with Crippen LogP contribution in [0.3, 0.4) is 0 Å². The summed E-state index contributed by atoms with van der Waals surface area (Å²) < 4.78 is 10.5. The molecule has 0 aromatic heterocycles. The van der Waals surface area contributed by atoms with Crippen molar-refractivity contribution in [3.05, 3.63) is 64.7 Å². The van der Waals surface area contributed by atoms with Crippen molar-refractivity contribution in [3.63, 3.8) is 0 Å². The van der Waals surface area contributed by atoms with E-state index in [-0.39, 0.29) is 5.78 Å². The van der Waals surface area contributed by atoms with Crippen molar-refractivity contribution in [2.24, 2.45) is 0 Å². The van der Waals surface area contributed by atoms with Gasteiger partial charge in [-0.1, -0.05) is 23.7 Å². The second-order valence-electron chi connectivity index (χ2n) is 4.29. The third-order valence-corrected chi connectivity index (χ3v) is 3.23. The Labute approximate surface area is 128 Å². The predicted molar refractivity (Wildman–Crippen MR) is 84.4 cm³/mol.